The van der Waals surface area contributed by atoms with Crippen LogP contribution >= 0.6 is 0 Å². The van der Waals surface area contributed by atoms with Crippen LogP contribution in [0.25, 0.3) is 11.4 Å². The number of rotatable bonds is 6. The van der Waals surface area contributed by atoms with E-state index < -0.39 is 0 Å². The van der Waals surface area contributed by atoms with Crippen molar-refractivity contribution in [2.45, 2.75) is 12.8 Å². The molecular formula is C22H24N4O4. The third-order valence-electron chi connectivity index (χ3n) is 5.19. The van der Waals surface area contributed by atoms with E-state index >= 15 is 0 Å². The molecule has 1 saturated heterocycles. The Morgan fingerprint density at radius 2 is 1.93 bits per heavy atom. The number of carbonyl (C=O) groups excluding carboxylic acids is 1. The third-order valence-corrected chi connectivity index (χ3v) is 5.19. The van der Waals surface area contributed by atoms with Gasteiger partial charge in [0.05, 0.1) is 25.8 Å². The normalized spacial score (nSPS) is 16.2. The van der Waals surface area contributed by atoms with Gasteiger partial charge < -0.3 is 24.2 Å². The molecule has 0 spiro atoms. The summed E-state index contributed by atoms with van der Waals surface area (Å²) in [5, 5.41) is 7.07. The number of nitrogens with zero attached hydrogens (tertiary/aromatic N) is 3. The highest BCUT2D eigenvalue weighted by Gasteiger charge is 2.29. The monoisotopic (exact) mass is 408 g/mol. The zero-order valence-corrected chi connectivity index (χ0v) is 17.0. The Kier molecular flexibility index (Phi) is 5.83. The minimum atomic E-state index is -0.181. The molecule has 0 saturated carbocycles. The van der Waals surface area contributed by atoms with Crippen LogP contribution in [0.2, 0.25) is 0 Å². The number of hydrogen-bond donors (Lipinski definition) is 1. The lowest BCUT2D eigenvalue weighted by Crippen LogP contribution is -2.41. The summed E-state index contributed by atoms with van der Waals surface area (Å²) in [6.07, 6.45) is 1.67. The molecule has 0 aliphatic carbocycles. The van der Waals surface area contributed by atoms with E-state index in [1.807, 2.05) is 53.4 Å². The van der Waals surface area contributed by atoms with Gasteiger partial charge in [-0.05, 0) is 49.2 Å². The lowest BCUT2D eigenvalue weighted by Gasteiger charge is -2.30. The largest absolute Gasteiger partial charge is 0.497 e. The second kappa shape index (κ2) is 8.86. The fourth-order valence-corrected chi connectivity index (χ4v) is 3.55. The molecule has 156 valence electrons. The van der Waals surface area contributed by atoms with Crippen LogP contribution in [0.3, 0.4) is 0 Å². The minimum absolute atomic E-state index is 0.0425. The maximum Gasteiger partial charge on any atom is 0.324 e. The molecule has 0 unspecified atom stereocenters. The van der Waals surface area contributed by atoms with Gasteiger partial charge in [0.1, 0.15) is 11.5 Å². The Morgan fingerprint density at radius 3 is 2.70 bits per heavy atom. The Morgan fingerprint density at radius 1 is 1.13 bits per heavy atom. The summed E-state index contributed by atoms with van der Waals surface area (Å²) >= 11 is 0. The van der Waals surface area contributed by atoms with Gasteiger partial charge in [0.2, 0.25) is 11.7 Å². The summed E-state index contributed by atoms with van der Waals surface area (Å²) in [4.78, 5) is 19.3. The van der Waals surface area contributed by atoms with Crippen LogP contribution in [0, 0.1) is 5.92 Å². The second-order valence-corrected chi connectivity index (χ2v) is 7.10. The molecule has 2 aromatic carbocycles. The van der Waals surface area contributed by atoms with Gasteiger partial charge in [-0.2, -0.15) is 4.98 Å². The van der Waals surface area contributed by atoms with Gasteiger partial charge in [-0.25, -0.2) is 0 Å². The quantitative estimate of drug-likeness (QED) is 0.666. The van der Waals surface area contributed by atoms with E-state index in [0.29, 0.717) is 29.8 Å². The number of piperidine rings is 1. The molecule has 1 fully saturated rings. The molecule has 1 atom stereocenters. The van der Waals surface area contributed by atoms with Crippen LogP contribution in [0.4, 0.5) is 11.7 Å². The van der Waals surface area contributed by atoms with Crippen molar-refractivity contribution in [2.24, 2.45) is 5.92 Å². The zero-order valence-electron chi connectivity index (χ0n) is 17.0. The number of ether oxygens (including phenoxy) is 2. The van der Waals surface area contributed by atoms with Crippen molar-refractivity contribution in [3.63, 3.8) is 0 Å². The summed E-state index contributed by atoms with van der Waals surface area (Å²) < 4.78 is 16.0. The zero-order chi connectivity index (χ0) is 20.9. The number of benzene rings is 2. The maximum atomic E-state index is 12.8. The molecule has 0 bridgehead atoms. The topological polar surface area (TPSA) is 89.7 Å². The average molecular weight is 408 g/mol. The predicted octanol–water partition coefficient (Wildman–Crippen LogP) is 3.61. The van der Waals surface area contributed by atoms with Crippen molar-refractivity contribution in [1.29, 1.82) is 0 Å². The summed E-state index contributed by atoms with van der Waals surface area (Å²) in [6, 6.07) is 15.3. The van der Waals surface area contributed by atoms with E-state index in [4.69, 9.17) is 14.0 Å². The van der Waals surface area contributed by atoms with Crippen LogP contribution < -0.4 is 19.7 Å². The number of anilines is 2. The van der Waals surface area contributed by atoms with Crippen molar-refractivity contribution in [3.05, 3.63) is 48.5 Å². The van der Waals surface area contributed by atoms with Gasteiger partial charge in [0, 0.05) is 18.7 Å². The molecule has 1 N–H and O–H groups in total. The number of methoxy groups -OCH3 is 2. The predicted molar refractivity (Wildman–Crippen MR) is 113 cm³/mol. The molecule has 3 aromatic rings. The highest BCUT2D eigenvalue weighted by molar-refractivity contribution is 5.94. The molecule has 1 aromatic heterocycles. The van der Waals surface area contributed by atoms with Crippen LogP contribution in [0.5, 0.6) is 11.5 Å². The lowest BCUT2D eigenvalue weighted by atomic mass is 9.97. The molecule has 1 aliphatic heterocycles. The van der Waals surface area contributed by atoms with Gasteiger partial charge >= 0.3 is 6.01 Å². The van der Waals surface area contributed by atoms with Crippen LogP contribution in [0.15, 0.2) is 53.1 Å². The molecule has 1 amide bonds. The van der Waals surface area contributed by atoms with Crippen molar-refractivity contribution in [3.8, 4) is 22.9 Å². The highest BCUT2D eigenvalue weighted by Crippen LogP contribution is 2.28. The average Bonchev–Trinajstić information content (AvgIpc) is 3.30. The van der Waals surface area contributed by atoms with Crippen LogP contribution in [-0.2, 0) is 4.79 Å². The summed E-state index contributed by atoms with van der Waals surface area (Å²) in [7, 11) is 3.21. The van der Waals surface area contributed by atoms with E-state index in [1.165, 1.54) is 0 Å². The molecule has 8 nitrogen and oxygen atoms in total. The Hall–Kier alpha value is -3.55. The van der Waals surface area contributed by atoms with E-state index in [-0.39, 0.29) is 11.8 Å². The molecule has 8 heteroatoms. The SMILES string of the molecule is COc1ccc(-c2noc(N3CCC[C@H](C(=O)Nc4ccccc4OC)C3)n2)cc1. The molecule has 1 aliphatic rings. The van der Waals surface area contributed by atoms with E-state index in [0.717, 1.165) is 30.7 Å². The van der Waals surface area contributed by atoms with Crippen molar-refractivity contribution in [2.75, 3.05) is 37.5 Å². The number of carbonyl (C=O) groups is 1. The summed E-state index contributed by atoms with van der Waals surface area (Å²) in [5.74, 6) is 1.69. The van der Waals surface area contributed by atoms with Crippen LogP contribution in [-0.4, -0.2) is 43.4 Å². The fraction of sp³-hybridized carbons (Fsp3) is 0.318. The first-order chi connectivity index (χ1) is 14.7. The highest BCUT2D eigenvalue weighted by atomic mass is 16.5. The van der Waals surface area contributed by atoms with Gasteiger partial charge in [-0.3, -0.25) is 4.79 Å². The first-order valence-corrected chi connectivity index (χ1v) is 9.85. The molecular weight excluding hydrogens is 384 g/mol. The van der Waals surface area contributed by atoms with Crippen molar-refractivity contribution < 1.29 is 18.8 Å². The number of aromatic nitrogens is 2. The molecule has 0 radical (unpaired) electrons. The Balaban J connectivity index is 1.43. The standard InChI is InChI=1S/C22H24N4O4/c1-28-17-11-9-15(10-12-17)20-24-22(30-25-20)26-13-5-6-16(14-26)21(27)23-18-7-3-4-8-19(18)29-2/h3-4,7-12,16H,5-6,13-14H2,1-2H3,(H,23,27)/t16-/m0/s1. The van der Waals surface area contributed by atoms with E-state index in [2.05, 4.69) is 15.5 Å². The third kappa shape index (κ3) is 4.22. The van der Waals surface area contributed by atoms with Gasteiger partial charge in [0.15, 0.2) is 0 Å². The van der Waals surface area contributed by atoms with E-state index in [1.54, 1.807) is 14.2 Å². The van der Waals surface area contributed by atoms with Gasteiger partial charge in [-0.1, -0.05) is 17.3 Å². The second-order valence-electron chi connectivity index (χ2n) is 7.10. The van der Waals surface area contributed by atoms with Crippen molar-refractivity contribution in [1.82, 2.24) is 10.1 Å². The first-order valence-electron chi connectivity index (χ1n) is 9.85. The number of hydrogen-bond acceptors (Lipinski definition) is 7. The fourth-order valence-electron chi connectivity index (χ4n) is 3.55. The van der Waals surface area contributed by atoms with E-state index in [9.17, 15) is 4.79 Å². The summed E-state index contributed by atoms with van der Waals surface area (Å²) in [6.45, 7) is 1.29. The number of nitrogens with one attached hydrogen (secondary N) is 1. The molecule has 2 heterocycles. The number of amides is 1. The van der Waals surface area contributed by atoms with Gasteiger partial charge in [0.25, 0.3) is 0 Å². The minimum Gasteiger partial charge on any atom is -0.497 e. The number of para-hydroxylation sites is 2. The Bertz CT molecular complexity index is 1000. The maximum absolute atomic E-state index is 12.8. The molecule has 30 heavy (non-hydrogen) atoms. The summed E-state index contributed by atoms with van der Waals surface area (Å²) in [5.41, 5.74) is 1.51. The van der Waals surface area contributed by atoms with Crippen LogP contribution in [0.1, 0.15) is 12.8 Å². The van der Waals surface area contributed by atoms with Gasteiger partial charge in [-0.15, -0.1) is 0 Å². The first kappa shape index (κ1) is 19.8. The Labute approximate surface area is 174 Å². The van der Waals surface area contributed by atoms with Crippen molar-refractivity contribution >= 4 is 17.6 Å². The lowest BCUT2D eigenvalue weighted by molar-refractivity contribution is -0.120. The smallest absolute Gasteiger partial charge is 0.324 e. The molecule has 4 rings (SSSR count).